The Kier molecular flexibility index (Phi) is 5.27. The van der Waals surface area contributed by atoms with Gasteiger partial charge in [0.2, 0.25) is 0 Å². The molecule has 23 heavy (non-hydrogen) atoms. The molecule has 0 aliphatic carbocycles. The minimum absolute atomic E-state index is 0.875. The fraction of sp³-hybridized carbons (Fsp3) is 0.316. The first-order valence-electron chi connectivity index (χ1n) is 8.14. The van der Waals surface area contributed by atoms with Crippen molar-refractivity contribution in [1.29, 1.82) is 0 Å². The molecular formula is C19H24N3O+. The average Bonchev–Trinajstić information content (AvgIpc) is 2.62. The van der Waals surface area contributed by atoms with Gasteiger partial charge in [-0.3, -0.25) is 5.01 Å². The Morgan fingerprint density at radius 1 is 1.04 bits per heavy atom. The van der Waals surface area contributed by atoms with Crippen molar-refractivity contribution in [3.05, 3.63) is 65.7 Å². The van der Waals surface area contributed by atoms with Crippen LogP contribution in [0, 0.1) is 0 Å². The fourth-order valence-corrected chi connectivity index (χ4v) is 2.83. The summed E-state index contributed by atoms with van der Waals surface area (Å²) in [4.78, 5) is 1.63. The molecule has 0 spiro atoms. The highest BCUT2D eigenvalue weighted by atomic mass is 16.5. The molecule has 0 aromatic heterocycles. The molecule has 1 heterocycles. The van der Waals surface area contributed by atoms with Gasteiger partial charge in [-0.15, -0.1) is 0 Å². The van der Waals surface area contributed by atoms with Crippen LogP contribution in [0.3, 0.4) is 0 Å². The Balaban J connectivity index is 1.47. The summed E-state index contributed by atoms with van der Waals surface area (Å²) in [6, 6.07) is 18.7. The van der Waals surface area contributed by atoms with Crippen LogP contribution in [-0.2, 0) is 6.54 Å². The number of piperazine rings is 1. The molecule has 120 valence electrons. The second-order valence-electron chi connectivity index (χ2n) is 5.88. The lowest BCUT2D eigenvalue weighted by atomic mass is 10.2. The Bertz CT molecular complexity index is 617. The third-order valence-electron chi connectivity index (χ3n) is 4.23. The number of rotatable bonds is 5. The molecule has 0 atom stereocenters. The second-order valence-corrected chi connectivity index (χ2v) is 5.88. The molecule has 0 unspecified atom stereocenters. The van der Waals surface area contributed by atoms with Crippen molar-refractivity contribution in [2.24, 2.45) is 5.10 Å². The molecule has 0 amide bonds. The second kappa shape index (κ2) is 7.79. The van der Waals surface area contributed by atoms with Crippen molar-refractivity contribution < 1.29 is 9.64 Å². The van der Waals surface area contributed by atoms with E-state index in [-0.39, 0.29) is 0 Å². The summed E-state index contributed by atoms with van der Waals surface area (Å²) in [6.07, 6.45) is 1.93. The number of ether oxygens (including phenoxy) is 1. The number of nitrogens with one attached hydrogen (secondary N) is 1. The zero-order valence-electron chi connectivity index (χ0n) is 13.6. The first kappa shape index (κ1) is 15.6. The van der Waals surface area contributed by atoms with Crippen molar-refractivity contribution >= 4 is 6.21 Å². The average molecular weight is 310 g/mol. The lowest BCUT2D eigenvalue weighted by Gasteiger charge is -2.30. The molecule has 2 aromatic carbocycles. The minimum Gasteiger partial charge on any atom is -0.497 e. The summed E-state index contributed by atoms with van der Waals surface area (Å²) >= 11 is 0. The van der Waals surface area contributed by atoms with E-state index >= 15 is 0 Å². The van der Waals surface area contributed by atoms with Gasteiger partial charge in [0.05, 0.1) is 39.5 Å². The van der Waals surface area contributed by atoms with E-state index in [9.17, 15) is 0 Å². The van der Waals surface area contributed by atoms with Gasteiger partial charge in [0, 0.05) is 5.56 Å². The van der Waals surface area contributed by atoms with Crippen LogP contribution in [0.15, 0.2) is 59.7 Å². The van der Waals surface area contributed by atoms with E-state index in [1.54, 1.807) is 12.0 Å². The van der Waals surface area contributed by atoms with E-state index in [1.807, 2.05) is 30.5 Å². The number of hydrogen-bond donors (Lipinski definition) is 1. The molecule has 0 radical (unpaired) electrons. The highest BCUT2D eigenvalue weighted by Gasteiger charge is 2.18. The van der Waals surface area contributed by atoms with Gasteiger partial charge in [-0.25, -0.2) is 0 Å². The molecule has 1 saturated heterocycles. The molecule has 4 nitrogen and oxygen atoms in total. The topological polar surface area (TPSA) is 29.3 Å². The Labute approximate surface area is 138 Å². The van der Waals surface area contributed by atoms with Crippen LogP contribution < -0.4 is 9.64 Å². The van der Waals surface area contributed by atoms with E-state index in [4.69, 9.17) is 4.74 Å². The largest absolute Gasteiger partial charge is 0.497 e. The van der Waals surface area contributed by atoms with Crippen LogP contribution >= 0.6 is 0 Å². The zero-order valence-corrected chi connectivity index (χ0v) is 13.6. The summed E-state index contributed by atoms with van der Waals surface area (Å²) in [6.45, 7) is 5.39. The molecule has 1 aliphatic rings. The SMILES string of the molecule is COc1ccc(/C=N\N2CC[NH+](Cc3ccccc3)CC2)cc1. The fourth-order valence-electron chi connectivity index (χ4n) is 2.83. The molecule has 0 bridgehead atoms. The van der Waals surface area contributed by atoms with Gasteiger partial charge in [0.15, 0.2) is 0 Å². The molecule has 0 saturated carbocycles. The highest BCUT2D eigenvalue weighted by molar-refractivity contribution is 5.79. The van der Waals surface area contributed by atoms with Crippen molar-refractivity contribution in [2.45, 2.75) is 6.54 Å². The number of hydrogen-bond acceptors (Lipinski definition) is 3. The van der Waals surface area contributed by atoms with Crippen molar-refractivity contribution in [3.63, 3.8) is 0 Å². The van der Waals surface area contributed by atoms with Crippen LogP contribution in [0.4, 0.5) is 0 Å². The van der Waals surface area contributed by atoms with Gasteiger partial charge >= 0.3 is 0 Å². The first-order valence-corrected chi connectivity index (χ1v) is 8.14. The Hall–Kier alpha value is -2.33. The first-order chi connectivity index (χ1) is 11.3. The summed E-state index contributed by atoms with van der Waals surface area (Å²) < 4.78 is 5.17. The normalized spacial score (nSPS) is 16.0. The van der Waals surface area contributed by atoms with Crippen LogP contribution in [0.2, 0.25) is 0 Å². The maximum atomic E-state index is 5.17. The predicted molar refractivity (Wildman–Crippen MR) is 93.0 cm³/mol. The maximum Gasteiger partial charge on any atom is 0.118 e. The van der Waals surface area contributed by atoms with E-state index in [1.165, 1.54) is 5.56 Å². The molecule has 1 N–H and O–H groups in total. The van der Waals surface area contributed by atoms with E-state index in [0.717, 1.165) is 44.0 Å². The molecule has 1 fully saturated rings. The number of quaternary nitrogens is 1. The Morgan fingerprint density at radius 2 is 1.74 bits per heavy atom. The van der Waals surface area contributed by atoms with E-state index in [2.05, 4.69) is 40.4 Å². The molecule has 2 aromatic rings. The van der Waals surface area contributed by atoms with E-state index in [0.29, 0.717) is 0 Å². The van der Waals surface area contributed by atoms with Gasteiger partial charge in [0.25, 0.3) is 0 Å². The highest BCUT2D eigenvalue weighted by Crippen LogP contribution is 2.10. The zero-order chi connectivity index (χ0) is 15.9. The van der Waals surface area contributed by atoms with Crippen LogP contribution in [-0.4, -0.2) is 44.5 Å². The van der Waals surface area contributed by atoms with Gasteiger partial charge in [-0.05, 0) is 29.8 Å². The smallest absolute Gasteiger partial charge is 0.118 e. The molecule has 3 rings (SSSR count). The minimum atomic E-state index is 0.875. The van der Waals surface area contributed by atoms with Gasteiger partial charge in [0.1, 0.15) is 12.3 Å². The van der Waals surface area contributed by atoms with Gasteiger partial charge in [-0.2, -0.15) is 5.10 Å². The van der Waals surface area contributed by atoms with Crippen LogP contribution in [0.1, 0.15) is 11.1 Å². The molecular weight excluding hydrogens is 286 g/mol. The summed E-state index contributed by atoms with van der Waals surface area (Å²) in [5.41, 5.74) is 2.52. The van der Waals surface area contributed by atoms with Crippen molar-refractivity contribution in [1.82, 2.24) is 5.01 Å². The third kappa shape index (κ3) is 4.57. The lowest BCUT2D eigenvalue weighted by molar-refractivity contribution is -0.918. The van der Waals surface area contributed by atoms with Gasteiger partial charge in [-0.1, -0.05) is 30.3 Å². The number of benzene rings is 2. The lowest BCUT2D eigenvalue weighted by Crippen LogP contribution is -3.13. The summed E-state index contributed by atoms with van der Waals surface area (Å²) in [7, 11) is 1.68. The van der Waals surface area contributed by atoms with Crippen molar-refractivity contribution in [2.75, 3.05) is 33.3 Å². The maximum absolute atomic E-state index is 5.17. The summed E-state index contributed by atoms with van der Waals surface area (Å²) in [5.74, 6) is 0.875. The van der Waals surface area contributed by atoms with Crippen LogP contribution in [0.25, 0.3) is 0 Å². The summed E-state index contributed by atoms with van der Waals surface area (Å²) in [5, 5.41) is 6.77. The van der Waals surface area contributed by atoms with E-state index < -0.39 is 0 Å². The third-order valence-corrected chi connectivity index (χ3v) is 4.23. The molecule has 4 heteroatoms. The standard InChI is InChI=1S/C19H23N3O/c1-23-19-9-7-17(8-10-19)15-20-22-13-11-21(12-14-22)16-18-5-3-2-4-6-18/h2-10,15H,11-14,16H2,1H3/p+1/b20-15-. The monoisotopic (exact) mass is 310 g/mol. The van der Waals surface area contributed by atoms with Crippen molar-refractivity contribution in [3.8, 4) is 5.75 Å². The number of nitrogens with zero attached hydrogens (tertiary/aromatic N) is 2. The number of methoxy groups -OCH3 is 1. The Morgan fingerprint density at radius 3 is 2.39 bits per heavy atom. The molecule has 1 aliphatic heterocycles. The van der Waals surface area contributed by atoms with Gasteiger partial charge < -0.3 is 9.64 Å². The predicted octanol–water partition coefficient (Wildman–Crippen LogP) is 1.43. The van der Waals surface area contributed by atoms with Crippen LogP contribution in [0.5, 0.6) is 5.75 Å². The quantitative estimate of drug-likeness (QED) is 0.847. The number of hydrazone groups is 1.